The number of nitrogens with one attached hydrogen (secondary N) is 1. The lowest BCUT2D eigenvalue weighted by molar-refractivity contribution is -0.126. The molecular weight excluding hydrogens is 402 g/mol. The maximum absolute atomic E-state index is 12.6. The number of nitrogens with zero attached hydrogens (tertiary/aromatic N) is 2. The van der Waals surface area contributed by atoms with Crippen molar-refractivity contribution in [1.82, 2.24) is 15.1 Å². The standard InChI is InChI=1S/C26H35N3O3/c1-3-31-25-12-8-7-9-20(25)18-28-15-13-21(14-16-28)29-19-23(17-24(29)26(30)27-2)32-22-10-5-4-6-11-22/h4-12,21,23-24H,3,13-19H2,1-2H3,(H,27,30)/t23-,24-/m0/s1. The van der Waals surface area contributed by atoms with Crippen molar-refractivity contribution in [2.24, 2.45) is 0 Å². The van der Waals surface area contributed by atoms with Crippen molar-refractivity contribution < 1.29 is 14.3 Å². The van der Waals surface area contributed by atoms with E-state index in [1.807, 2.05) is 43.3 Å². The Balaban J connectivity index is 1.36. The quantitative estimate of drug-likeness (QED) is 0.687. The molecular formula is C26H35N3O3. The first kappa shape index (κ1) is 22.6. The largest absolute Gasteiger partial charge is 0.494 e. The third-order valence-corrected chi connectivity index (χ3v) is 6.59. The van der Waals surface area contributed by atoms with E-state index >= 15 is 0 Å². The number of carbonyl (C=O) groups is 1. The summed E-state index contributed by atoms with van der Waals surface area (Å²) in [5, 5.41) is 2.86. The van der Waals surface area contributed by atoms with Gasteiger partial charge in [0.15, 0.2) is 0 Å². The number of hydrogen-bond acceptors (Lipinski definition) is 5. The molecule has 2 saturated heterocycles. The van der Waals surface area contributed by atoms with Crippen molar-refractivity contribution in [3.63, 3.8) is 0 Å². The number of rotatable bonds is 8. The van der Waals surface area contributed by atoms with E-state index in [9.17, 15) is 4.79 Å². The molecule has 2 fully saturated rings. The number of likely N-dealkylation sites (tertiary alicyclic amines) is 2. The van der Waals surface area contributed by atoms with Gasteiger partial charge in [0, 0.05) is 38.2 Å². The molecule has 2 aliphatic heterocycles. The average Bonchev–Trinajstić information content (AvgIpc) is 3.25. The van der Waals surface area contributed by atoms with Crippen LogP contribution in [-0.2, 0) is 11.3 Å². The van der Waals surface area contributed by atoms with Gasteiger partial charge in [0.2, 0.25) is 5.91 Å². The van der Waals surface area contributed by atoms with Crippen LogP contribution in [0.1, 0.15) is 31.7 Å². The van der Waals surface area contributed by atoms with E-state index in [4.69, 9.17) is 9.47 Å². The highest BCUT2D eigenvalue weighted by Crippen LogP contribution is 2.30. The van der Waals surface area contributed by atoms with Crippen LogP contribution < -0.4 is 14.8 Å². The van der Waals surface area contributed by atoms with Crippen LogP contribution in [0.3, 0.4) is 0 Å². The Bertz CT molecular complexity index is 868. The molecule has 2 atom stereocenters. The molecule has 172 valence electrons. The molecule has 2 aliphatic rings. The van der Waals surface area contributed by atoms with E-state index in [1.165, 1.54) is 5.56 Å². The minimum Gasteiger partial charge on any atom is -0.494 e. The molecule has 1 amide bonds. The number of hydrogen-bond donors (Lipinski definition) is 1. The third-order valence-electron chi connectivity index (χ3n) is 6.59. The van der Waals surface area contributed by atoms with Crippen molar-refractivity contribution in [1.29, 1.82) is 0 Å². The topological polar surface area (TPSA) is 54.0 Å². The molecule has 2 aromatic rings. The number of amides is 1. The summed E-state index contributed by atoms with van der Waals surface area (Å²) in [6.07, 6.45) is 2.89. The highest BCUT2D eigenvalue weighted by molar-refractivity contribution is 5.82. The van der Waals surface area contributed by atoms with E-state index in [-0.39, 0.29) is 18.1 Å². The molecule has 0 bridgehead atoms. The van der Waals surface area contributed by atoms with E-state index in [0.29, 0.717) is 12.6 Å². The molecule has 6 nitrogen and oxygen atoms in total. The molecule has 0 radical (unpaired) electrons. The lowest BCUT2D eigenvalue weighted by Crippen LogP contribution is -2.50. The second-order valence-corrected chi connectivity index (χ2v) is 8.66. The molecule has 0 aromatic heterocycles. The summed E-state index contributed by atoms with van der Waals surface area (Å²) in [5.74, 6) is 1.95. The summed E-state index contributed by atoms with van der Waals surface area (Å²) < 4.78 is 12.0. The van der Waals surface area contributed by atoms with Gasteiger partial charge in [0.05, 0.1) is 12.6 Å². The molecule has 6 heteroatoms. The van der Waals surface area contributed by atoms with Gasteiger partial charge in [-0.25, -0.2) is 0 Å². The van der Waals surface area contributed by atoms with E-state index in [1.54, 1.807) is 7.05 Å². The van der Waals surface area contributed by atoms with Crippen molar-refractivity contribution in [3.05, 3.63) is 60.2 Å². The van der Waals surface area contributed by atoms with Crippen molar-refractivity contribution in [2.45, 2.75) is 50.9 Å². The Labute approximate surface area is 191 Å². The molecule has 4 rings (SSSR count). The Kier molecular flexibility index (Phi) is 7.66. The van der Waals surface area contributed by atoms with Crippen LogP contribution in [-0.4, -0.2) is 67.2 Å². The minimum atomic E-state index is -0.121. The zero-order valence-electron chi connectivity index (χ0n) is 19.2. The van der Waals surface area contributed by atoms with E-state index in [2.05, 4.69) is 33.3 Å². The van der Waals surface area contributed by atoms with Gasteiger partial charge in [-0.3, -0.25) is 14.6 Å². The summed E-state index contributed by atoms with van der Waals surface area (Å²) in [5.41, 5.74) is 1.24. The summed E-state index contributed by atoms with van der Waals surface area (Å²) in [6, 6.07) is 18.5. The van der Waals surface area contributed by atoms with Crippen molar-refractivity contribution in [3.8, 4) is 11.5 Å². The summed E-state index contributed by atoms with van der Waals surface area (Å²) in [6.45, 7) is 6.45. The highest BCUT2D eigenvalue weighted by Gasteiger charge is 2.41. The lowest BCUT2D eigenvalue weighted by atomic mass is 10.0. The average molecular weight is 438 g/mol. The number of benzene rings is 2. The maximum Gasteiger partial charge on any atom is 0.237 e. The zero-order chi connectivity index (χ0) is 22.3. The van der Waals surface area contributed by atoms with Crippen LogP contribution in [0.25, 0.3) is 0 Å². The Morgan fingerprint density at radius 2 is 1.78 bits per heavy atom. The molecule has 0 spiro atoms. The van der Waals surface area contributed by atoms with Gasteiger partial charge in [0.1, 0.15) is 17.6 Å². The molecule has 1 N–H and O–H groups in total. The van der Waals surface area contributed by atoms with Gasteiger partial charge in [-0.2, -0.15) is 0 Å². The predicted octanol–water partition coefficient (Wildman–Crippen LogP) is 3.32. The van der Waals surface area contributed by atoms with Crippen LogP contribution in [0, 0.1) is 0 Å². The molecule has 2 heterocycles. The van der Waals surface area contributed by atoms with Gasteiger partial charge >= 0.3 is 0 Å². The predicted molar refractivity (Wildman–Crippen MR) is 126 cm³/mol. The highest BCUT2D eigenvalue weighted by atomic mass is 16.5. The molecule has 32 heavy (non-hydrogen) atoms. The van der Waals surface area contributed by atoms with E-state index < -0.39 is 0 Å². The summed E-state index contributed by atoms with van der Waals surface area (Å²) >= 11 is 0. The van der Waals surface area contributed by atoms with Gasteiger partial charge in [-0.05, 0) is 51.1 Å². The third kappa shape index (κ3) is 5.43. The second kappa shape index (κ2) is 10.8. The van der Waals surface area contributed by atoms with Gasteiger partial charge in [-0.1, -0.05) is 36.4 Å². The SMILES string of the molecule is CCOc1ccccc1CN1CCC(N2C[C@@H](Oc3ccccc3)C[C@H]2C(=O)NC)CC1. The fourth-order valence-corrected chi connectivity index (χ4v) is 5.01. The molecule has 2 aromatic carbocycles. The minimum absolute atomic E-state index is 0.0378. The molecule has 0 saturated carbocycles. The van der Waals surface area contributed by atoms with Crippen LogP contribution >= 0.6 is 0 Å². The second-order valence-electron chi connectivity index (χ2n) is 8.66. The zero-order valence-corrected chi connectivity index (χ0v) is 19.2. The Morgan fingerprint density at radius 1 is 1.06 bits per heavy atom. The number of likely N-dealkylation sites (N-methyl/N-ethyl adjacent to an activating group) is 1. The van der Waals surface area contributed by atoms with Crippen molar-refractivity contribution in [2.75, 3.05) is 33.3 Å². The fraction of sp³-hybridized carbons (Fsp3) is 0.500. The number of carbonyl (C=O) groups excluding carboxylic acids is 1. The van der Waals surface area contributed by atoms with E-state index in [0.717, 1.165) is 56.9 Å². The fourth-order valence-electron chi connectivity index (χ4n) is 5.01. The number of ether oxygens (including phenoxy) is 2. The van der Waals surface area contributed by atoms with Gasteiger partial charge < -0.3 is 14.8 Å². The van der Waals surface area contributed by atoms with Crippen LogP contribution in [0.4, 0.5) is 0 Å². The first-order chi connectivity index (χ1) is 15.7. The van der Waals surface area contributed by atoms with Crippen LogP contribution in [0.5, 0.6) is 11.5 Å². The first-order valence-electron chi connectivity index (χ1n) is 11.8. The van der Waals surface area contributed by atoms with Gasteiger partial charge in [-0.15, -0.1) is 0 Å². The Morgan fingerprint density at radius 3 is 2.50 bits per heavy atom. The first-order valence-corrected chi connectivity index (χ1v) is 11.8. The van der Waals surface area contributed by atoms with Crippen LogP contribution in [0.2, 0.25) is 0 Å². The maximum atomic E-state index is 12.6. The molecule has 0 unspecified atom stereocenters. The lowest BCUT2D eigenvalue weighted by Gasteiger charge is -2.38. The monoisotopic (exact) mass is 437 g/mol. The van der Waals surface area contributed by atoms with Crippen molar-refractivity contribution >= 4 is 5.91 Å². The number of para-hydroxylation sites is 2. The Hall–Kier alpha value is -2.57. The smallest absolute Gasteiger partial charge is 0.237 e. The summed E-state index contributed by atoms with van der Waals surface area (Å²) in [4.78, 5) is 17.5. The molecule has 0 aliphatic carbocycles. The summed E-state index contributed by atoms with van der Waals surface area (Å²) in [7, 11) is 1.73. The van der Waals surface area contributed by atoms with Crippen LogP contribution in [0.15, 0.2) is 54.6 Å². The normalized spacial score (nSPS) is 22.6. The number of piperidine rings is 1. The van der Waals surface area contributed by atoms with Gasteiger partial charge in [0.25, 0.3) is 0 Å².